The minimum Gasteiger partial charge on any atom is -0.352 e. The van der Waals surface area contributed by atoms with Gasteiger partial charge in [-0.3, -0.25) is 4.79 Å². The summed E-state index contributed by atoms with van der Waals surface area (Å²) in [6.07, 6.45) is 0. The fraction of sp³-hybridized carbons (Fsp3) is 0.500. The van der Waals surface area contributed by atoms with E-state index in [2.05, 4.69) is 5.32 Å². The summed E-state index contributed by atoms with van der Waals surface area (Å²) in [6.45, 7) is 7.76. The van der Waals surface area contributed by atoms with Gasteiger partial charge in [0.05, 0.1) is 4.90 Å². The van der Waals surface area contributed by atoms with Crippen LogP contribution in [0.5, 0.6) is 0 Å². The highest BCUT2D eigenvalue weighted by molar-refractivity contribution is 8.13. The van der Waals surface area contributed by atoms with Crippen LogP contribution in [0.15, 0.2) is 17.0 Å². The number of nitrogens with one attached hydrogen (secondary N) is 1. The van der Waals surface area contributed by atoms with Gasteiger partial charge in [-0.15, -0.1) is 0 Å². The topological polar surface area (TPSA) is 63.2 Å². The molecule has 1 rings (SSSR count). The second-order valence-corrected chi connectivity index (χ2v) is 7.98. The maximum Gasteiger partial charge on any atom is 0.261 e. The van der Waals surface area contributed by atoms with E-state index < -0.39 is 20.8 Å². The van der Waals surface area contributed by atoms with E-state index >= 15 is 0 Å². The summed E-state index contributed by atoms with van der Waals surface area (Å²) in [5.41, 5.74) is -0.162. The largest absolute Gasteiger partial charge is 0.352 e. The monoisotopic (exact) mass is 335 g/mol. The van der Waals surface area contributed by atoms with Crippen LogP contribution in [0.25, 0.3) is 0 Å². The Balaban J connectivity index is 3.04. The lowest BCUT2D eigenvalue weighted by atomic mass is 9.98. The number of carbonyl (C=O) groups excluding carboxylic acids is 1. The summed E-state index contributed by atoms with van der Waals surface area (Å²) in [4.78, 5) is 11.6. The Morgan fingerprint density at radius 3 is 2.38 bits per heavy atom. The Bertz CT molecular complexity index is 644. The molecule has 0 radical (unpaired) electrons. The van der Waals surface area contributed by atoms with Crippen LogP contribution >= 0.6 is 10.7 Å². The second kappa shape index (κ2) is 6.75. The van der Waals surface area contributed by atoms with Crippen LogP contribution in [0.3, 0.4) is 0 Å². The molecule has 0 aliphatic rings. The third kappa shape index (κ3) is 4.68. The summed E-state index contributed by atoms with van der Waals surface area (Å²) in [7, 11) is 1.15. The van der Waals surface area contributed by atoms with Crippen LogP contribution in [0.2, 0.25) is 0 Å². The molecule has 0 aliphatic carbocycles. The molecule has 1 amide bonds. The third-order valence-electron chi connectivity index (χ3n) is 3.54. The molecule has 0 saturated heterocycles. The van der Waals surface area contributed by atoms with Gasteiger partial charge in [0.25, 0.3) is 15.0 Å². The number of amides is 1. The highest BCUT2D eigenvalue weighted by atomic mass is 35.7. The van der Waals surface area contributed by atoms with Crippen molar-refractivity contribution < 1.29 is 17.6 Å². The van der Waals surface area contributed by atoms with Gasteiger partial charge in [0.2, 0.25) is 0 Å². The molecule has 0 bridgehead atoms. The molecule has 1 atom stereocenters. The average Bonchev–Trinajstić information content (AvgIpc) is 2.36. The first-order valence-corrected chi connectivity index (χ1v) is 8.88. The van der Waals surface area contributed by atoms with E-state index in [1.54, 1.807) is 0 Å². The van der Waals surface area contributed by atoms with Gasteiger partial charge in [0, 0.05) is 28.4 Å². The predicted molar refractivity (Wildman–Crippen MR) is 80.5 cm³/mol. The molecule has 0 aliphatic heterocycles. The summed E-state index contributed by atoms with van der Waals surface area (Å²) in [6, 6.07) is 2.10. The Kier molecular flexibility index (Phi) is 5.75. The van der Waals surface area contributed by atoms with E-state index in [0.717, 1.165) is 12.1 Å². The van der Waals surface area contributed by atoms with Gasteiger partial charge < -0.3 is 5.32 Å². The Hall–Kier alpha value is -1.14. The van der Waals surface area contributed by atoms with Crippen LogP contribution in [0.1, 0.15) is 36.7 Å². The van der Waals surface area contributed by atoms with Crippen molar-refractivity contribution in [3.63, 3.8) is 0 Å². The molecule has 1 aromatic carbocycles. The molecule has 0 fully saturated rings. The van der Waals surface area contributed by atoms with E-state index in [9.17, 15) is 17.6 Å². The molecule has 118 valence electrons. The number of rotatable bonds is 5. The van der Waals surface area contributed by atoms with Crippen molar-refractivity contribution >= 4 is 25.6 Å². The van der Waals surface area contributed by atoms with Gasteiger partial charge in [0.15, 0.2) is 0 Å². The molecular formula is C14H19ClFNO3S. The summed E-state index contributed by atoms with van der Waals surface area (Å²) in [5.74, 6) is -0.666. The highest BCUT2D eigenvalue weighted by Gasteiger charge is 2.20. The van der Waals surface area contributed by atoms with Gasteiger partial charge in [-0.1, -0.05) is 20.8 Å². The van der Waals surface area contributed by atoms with Crippen molar-refractivity contribution in [2.45, 2.75) is 32.6 Å². The number of halogens is 2. The van der Waals surface area contributed by atoms with Crippen LogP contribution in [-0.2, 0) is 9.05 Å². The second-order valence-electron chi connectivity index (χ2n) is 5.45. The minimum atomic E-state index is -4.10. The van der Waals surface area contributed by atoms with Crippen LogP contribution in [-0.4, -0.2) is 20.9 Å². The molecule has 0 heterocycles. The first-order valence-electron chi connectivity index (χ1n) is 6.57. The van der Waals surface area contributed by atoms with Crippen molar-refractivity contribution in [2.75, 3.05) is 6.54 Å². The van der Waals surface area contributed by atoms with Gasteiger partial charge in [-0.25, -0.2) is 12.8 Å². The van der Waals surface area contributed by atoms with Gasteiger partial charge >= 0.3 is 0 Å². The van der Waals surface area contributed by atoms with E-state index in [1.807, 2.05) is 20.8 Å². The molecule has 7 heteroatoms. The third-order valence-corrected chi connectivity index (χ3v) is 4.99. The lowest BCUT2D eigenvalue weighted by molar-refractivity contribution is 0.0944. The normalized spacial score (nSPS) is 13.3. The number of hydrogen-bond acceptors (Lipinski definition) is 3. The first-order chi connectivity index (χ1) is 9.54. The van der Waals surface area contributed by atoms with E-state index in [1.165, 1.54) is 6.92 Å². The quantitative estimate of drug-likeness (QED) is 0.841. The maximum atomic E-state index is 13.8. The van der Waals surface area contributed by atoms with E-state index in [-0.39, 0.29) is 21.9 Å². The molecule has 1 N–H and O–H groups in total. The molecule has 21 heavy (non-hydrogen) atoms. The van der Waals surface area contributed by atoms with Crippen molar-refractivity contribution in [2.24, 2.45) is 11.8 Å². The number of benzene rings is 1. The number of hydrogen-bond donors (Lipinski definition) is 1. The zero-order chi connectivity index (χ0) is 16.4. The van der Waals surface area contributed by atoms with Crippen LogP contribution in [0, 0.1) is 24.6 Å². The van der Waals surface area contributed by atoms with Crippen molar-refractivity contribution in [3.05, 3.63) is 29.1 Å². The van der Waals surface area contributed by atoms with Gasteiger partial charge in [-0.05, 0) is 30.9 Å². The van der Waals surface area contributed by atoms with Gasteiger partial charge in [0.1, 0.15) is 5.82 Å². The summed E-state index contributed by atoms with van der Waals surface area (Å²) in [5, 5.41) is 2.66. The summed E-state index contributed by atoms with van der Waals surface area (Å²) >= 11 is 0. The minimum absolute atomic E-state index is 0.0618. The Morgan fingerprint density at radius 1 is 1.33 bits per heavy atom. The lowest BCUT2D eigenvalue weighted by Gasteiger charge is -2.16. The maximum absolute atomic E-state index is 13.8. The molecule has 1 aromatic rings. The summed E-state index contributed by atoms with van der Waals surface area (Å²) < 4.78 is 36.6. The molecule has 0 spiro atoms. The molecular weight excluding hydrogens is 317 g/mol. The Labute approximate surface area is 129 Å². The lowest BCUT2D eigenvalue weighted by Crippen LogP contribution is -2.30. The zero-order valence-corrected chi connectivity index (χ0v) is 14.0. The van der Waals surface area contributed by atoms with E-state index in [4.69, 9.17) is 10.7 Å². The van der Waals surface area contributed by atoms with Crippen molar-refractivity contribution in [1.82, 2.24) is 5.32 Å². The molecule has 1 unspecified atom stereocenters. The SMILES string of the molecule is Cc1c(F)cc(C(=O)NCC(C)C(C)C)cc1S(=O)(=O)Cl. The fourth-order valence-corrected chi connectivity index (χ4v) is 2.84. The number of carbonyl (C=O) groups is 1. The Morgan fingerprint density at radius 2 is 1.90 bits per heavy atom. The standard InChI is InChI=1S/C14H19ClFNO3S/c1-8(2)9(3)7-17-14(18)11-5-12(16)10(4)13(6-11)21(15,19)20/h5-6,8-9H,7H2,1-4H3,(H,17,18). The molecule has 0 aromatic heterocycles. The van der Waals surface area contributed by atoms with Crippen LogP contribution in [0.4, 0.5) is 4.39 Å². The average molecular weight is 336 g/mol. The van der Waals surface area contributed by atoms with Gasteiger partial charge in [-0.2, -0.15) is 0 Å². The molecule has 4 nitrogen and oxygen atoms in total. The first kappa shape index (κ1) is 17.9. The smallest absolute Gasteiger partial charge is 0.261 e. The highest BCUT2D eigenvalue weighted by Crippen LogP contribution is 2.23. The van der Waals surface area contributed by atoms with Crippen molar-refractivity contribution in [1.29, 1.82) is 0 Å². The van der Waals surface area contributed by atoms with Crippen LogP contribution < -0.4 is 5.32 Å². The predicted octanol–water partition coefficient (Wildman–Crippen LogP) is 3.08. The van der Waals surface area contributed by atoms with E-state index in [0.29, 0.717) is 12.5 Å². The zero-order valence-electron chi connectivity index (χ0n) is 12.4. The molecule has 0 saturated carbocycles. The van der Waals surface area contributed by atoms with Crippen molar-refractivity contribution in [3.8, 4) is 0 Å². The fourth-order valence-electron chi connectivity index (χ4n) is 1.63.